The van der Waals surface area contributed by atoms with Crippen molar-refractivity contribution in [3.63, 3.8) is 0 Å². The minimum Gasteiger partial charge on any atom is -0.267 e. The molecule has 1 N–H and O–H groups in total. The molecule has 0 aliphatic heterocycles. The molecule has 112 valence electrons. The van der Waals surface area contributed by atoms with Crippen LogP contribution in [0, 0.1) is 17.8 Å². The lowest BCUT2D eigenvalue weighted by molar-refractivity contribution is 0.0956. The fourth-order valence-corrected chi connectivity index (χ4v) is 4.15. The first kappa shape index (κ1) is 13.5. The van der Waals surface area contributed by atoms with Crippen LogP contribution in [0.25, 0.3) is 10.8 Å². The van der Waals surface area contributed by atoms with E-state index in [1.54, 1.807) is 0 Å². The van der Waals surface area contributed by atoms with Crippen LogP contribution in [-0.2, 0) is 0 Å². The molecule has 2 aliphatic carbocycles. The zero-order chi connectivity index (χ0) is 14.9. The highest BCUT2D eigenvalue weighted by Crippen LogP contribution is 2.47. The van der Waals surface area contributed by atoms with Crippen LogP contribution >= 0.6 is 0 Å². The van der Waals surface area contributed by atoms with Gasteiger partial charge in [-0.25, -0.2) is 5.43 Å². The van der Waals surface area contributed by atoms with Crippen molar-refractivity contribution in [2.45, 2.75) is 25.7 Å². The van der Waals surface area contributed by atoms with Gasteiger partial charge in [0.25, 0.3) is 5.91 Å². The molecule has 2 saturated carbocycles. The molecule has 2 aliphatic rings. The normalized spacial score (nSPS) is 26.8. The summed E-state index contributed by atoms with van der Waals surface area (Å²) in [5.74, 6) is 2.13. The minimum absolute atomic E-state index is 0.129. The maximum Gasteiger partial charge on any atom is 0.271 e. The van der Waals surface area contributed by atoms with Crippen LogP contribution in [0.5, 0.6) is 0 Å². The lowest BCUT2D eigenvalue weighted by Crippen LogP contribution is -2.20. The molecule has 0 saturated heterocycles. The lowest BCUT2D eigenvalue weighted by atomic mass is 9.90. The Bertz CT molecular complexity index is 732. The summed E-state index contributed by atoms with van der Waals surface area (Å²) >= 11 is 0. The SMILES string of the molecule is O=C(N/N=C\[C@H]1C[C@H]2CC[C@H]1C2)c1cccc2ccccc12. The molecule has 3 atom stereocenters. The summed E-state index contributed by atoms with van der Waals surface area (Å²) in [4.78, 5) is 12.4. The number of nitrogens with zero attached hydrogens (tertiary/aromatic N) is 1. The van der Waals surface area contributed by atoms with Gasteiger partial charge >= 0.3 is 0 Å². The Morgan fingerprint density at radius 3 is 2.77 bits per heavy atom. The van der Waals surface area contributed by atoms with Crippen LogP contribution in [0.1, 0.15) is 36.0 Å². The molecule has 3 nitrogen and oxygen atoms in total. The smallest absolute Gasteiger partial charge is 0.267 e. The Hall–Kier alpha value is -2.16. The van der Waals surface area contributed by atoms with Crippen LogP contribution in [-0.4, -0.2) is 12.1 Å². The van der Waals surface area contributed by atoms with Gasteiger partial charge < -0.3 is 0 Å². The summed E-state index contributed by atoms with van der Waals surface area (Å²) < 4.78 is 0. The van der Waals surface area contributed by atoms with Crippen LogP contribution in [0.2, 0.25) is 0 Å². The Kier molecular flexibility index (Phi) is 3.41. The molecular formula is C19H20N2O. The van der Waals surface area contributed by atoms with Gasteiger partial charge in [-0.05, 0) is 53.9 Å². The van der Waals surface area contributed by atoms with E-state index < -0.39 is 0 Å². The predicted octanol–water partition coefficient (Wildman–Crippen LogP) is 3.99. The van der Waals surface area contributed by atoms with Crippen molar-refractivity contribution < 1.29 is 4.79 Å². The van der Waals surface area contributed by atoms with Crippen LogP contribution in [0.15, 0.2) is 47.6 Å². The number of rotatable bonds is 3. The topological polar surface area (TPSA) is 41.5 Å². The Morgan fingerprint density at radius 1 is 1.09 bits per heavy atom. The third kappa shape index (κ3) is 2.41. The van der Waals surface area contributed by atoms with Crippen molar-refractivity contribution in [1.29, 1.82) is 0 Å². The monoisotopic (exact) mass is 292 g/mol. The molecule has 0 heterocycles. The summed E-state index contributed by atoms with van der Waals surface area (Å²) in [5, 5.41) is 6.28. The molecule has 0 aromatic heterocycles. The first-order valence-electron chi connectivity index (χ1n) is 8.12. The summed E-state index contributed by atoms with van der Waals surface area (Å²) in [7, 11) is 0. The molecule has 1 amide bonds. The summed E-state index contributed by atoms with van der Waals surface area (Å²) in [6.45, 7) is 0. The van der Waals surface area contributed by atoms with E-state index in [9.17, 15) is 4.79 Å². The van der Waals surface area contributed by atoms with Crippen molar-refractivity contribution in [2.24, 2.45) is 22.9 Å². The Labute approximate surface area is 130 Å². The first-order valence-corrected chi connectivity index (χ1v) is 8.12. The van der Waals surface area contributed by atoms with Gasteiger partial charge in [-0.3, -0.25) is 4.79 Å². The first-order chi connectivity index (χ1) is 10.8. The molecule has 2 bridgehead atoms. The molecule has 3 heteroatoms. The minimum atomic E-state index is -0.129. The van der Waals surface area contributed by atoms with E-state index in [1.165, 1.54) is 25.7 Å². The number of benzene rings is 2. The summed E-state index contributed by atoms with van der Waals surface area (Å²) in [5.41, 5.74) is 3.39. The van der Waals surface area contributed by atoms with Gasteiger partial charge in [0, 0.05) is 11.8 Å². The van der Waals surface area contributed by atoms with Gasteiger partial charge in [-0.1, -0.05) is 42.8 Å². The number of carbonyl (C=O) groups excluding carboxylic acids is 1. The van der Waals surface area contributed by atoms with Crippen molar-refractivity contribution in [1.82, 2.24) is 5.43 Å². The molecule has 2 aromatic carbocycles. The number of hydrogen-bond donors (Lipinski definition) is 1. The Balaban J connectivity index is 1.47. The van der Waals surface area contributed by atoms with Gasteiger partial charge in [-0.15, -0.1) is 0 Å². The van der Waals surface area contributed by atoms with E-state index in [1.807, 2.05) is 48.7 Å². The standard InChI is InChI=1S/C19H20N2O/c22-19(18-7-3-5-14-4-1-2-6-17(14)18)21-20-12-16-11-13-8-9-15(16)10-13/h1-7,12-13,15-16H,8-11H2,(H,21,22)/b20-12-/t13-,15-,16+/m0/s1. The highest BCUT2D eigenvalue weighted by Gasteiger charge is 2.38. The van der Waals surface area contributed by atoms with E-state index in [2.05, 4.69) is 10.5 Å². The van der Waals surface area contributed by atoms with Gasteiger partial charge in [0.1, 0.15) is 0 Å². The highest BCUT2D eigenvalue weighted by molar-refractivity contribution is 6.07. The van der Waals surface area contributed by atoms with Crippen LogP contribution in [0.4, 0.5) is 0 Å². The average Bonchev–Trinajstić information content (AvgIpc) is 3.17. The van der Waals surface area contributed by atoms with Crippen LogP contribution < -0.4 is 5.43 Å². The quantitative estimate of drug-likeness (QED) is 0.674. The van der Waals surface area contributed by atoms with Gasteiger partial charge in [0.2, 0.25) is 0 Å². The fraction of sp³-hybridized carbons (Fsp3) is 0.368. The second-order valence-corrected chi connectivity index (χ2v) is 6.58. The predicted molar refractivity (Wildman–Crippen MR) is 88.8 cm³/mol. The molecule has 2 fully saturated rings. The molecule has 0 radical (unpaired) electrons. The van der Waals surface area contributed by atoms with E-state index in [0.717, 1.165) is 22.6 Å². The van der Waals surface area contributed by atoms with E-state index >= 15 is 0 Å². The maximum atomic E-state index is 12.4. The van der Waals surface area contributed by atoms with E-state index in [0.29, 0.717) is 11.5 Å². The number of hydrazone groups is 1. The van der Waals surface area contributed by atoms with Crippen molar-refractivity contribution >= 4 is 22.9 Å². The number of hydrogen-bond acceptors (Lipinski definition) is 2. The van der Waals surface area contributed by atoms with Crippen molar-refractivity contribution in [3.8, 4) is 0 Å². The molecule has 2 aromatic rings. The van der Waals surface area contributed by atoms with Crippen molar-refractivity contribution in [3.05, 3.63) is 48.0 Å². The van der Waals surface area contributed by atoms with Crippen LogP contribution in [0.3, 0.4) is 0 Å². The van der Waals surface area contributed by atoms with Gasteiger partial charge in [0.05, 0.1) is 0 Å². The zero-order valence-corrected chi connectivity index (χ0v) is 12.5. The third-order valence-corrected chi connectivity index (χ3v) is 5.26. The molecular weight excluding hydrogens is 272 g/mol. The van der Waals surface area contributed by atoms with Gasteiger partial charge in [0.15, 0.2) is 0 Å². The largest absolute Gasteiger partial charge is 0.271 e. The van der Waals surface area contributed by atoms with E-state index in [-0.39, 0.29) is 5.91 Å². The number of amides is 1. The number of carbonyl (C=O) groups is 1. The molecule has 4 rings (SSSR count). The third-order valence-electron chi connectivity index (χ3n) is 5.26. The number of fused-ring (bicyclic) bond motifs is 3. The second kappa shape index (κ2) is 5.56. The summed E-state index contributed by atoms with van der Waals surface area (Å²) in [6, 6.07) is 13.7. The second-order valence-electron chi connectivity index (χ2n) is 6.58. The lowest BCUT2D eigenvalue weighted by Gasteiger charge is -2.16. The molecule has 0 spiro atoms. The number of nitrogens with one attached hydrogen (secondary N) is 1. The van der Waals surface area contributed by atoms with Crippen molar-refractivity contribution in [2.75, 3.05) is 0 Å². The molecule has 22 heavy (non-hydrogen) atoms. The summed E-state index contributed by atoms with van der Waals surface area (Å²) in [6.07, 6.45) is 7.29. The average molecular weight is 292 g/mol. The van der Waals surface area contributed by atoms with Gasteiger partial charge in [-0.2, -0.15) is 5.10 Å². The maximum absolute atomic E-state index is 12.4. The fourth-order valence-electron chi connectivity index (χ4n) is 4.15. The van der Waals surface area contributed by atoms with E-state index in [4.69, 9.17) is 0 Å². The zero-order valence-electron chi connectivity index (χ0n) is 12.5. The highest BCUT2D eigenvalue weighted by atomic mass is 16.2. The molecule has 0 unspecified atom stereocenters. The Morgan fingerprint density at radius 2 is 1.95 bits per heavy atom.